The van der Waals surface area contributed by atoms with Crippen LogP contribution in [0.3, 0.4) is 0 Å². The number of hydrogen-bond donors (Lipinski definition) is 0. The summed E-state index contributed by atoms with van der Waals surface area (Å²) >= 11 is 0. The fourth-order valence-electron chi connectivity index (χ4n) is 6.21. The van der Waals surface area contributed by atoms with Gasteiger partial charge in [-0.15, -0.1) is 0 Å². The molecule has 2 heteroatoms. The van der Waals surface area contributed by atoms with E-state index in [9.17, 15) is 0 Å². The Labute approximate surface area is 234 Å². The van der Waals surface area contributed by atoms with Gasteiger partial charge in [0.25, 0.3) is 0 Å². The molecular weight excluding hydrogens is 484 g/mol. The molecule has 0 radical (unpaired) electrons. The Bertz CT molecular complexity index is 1950. The van der Waals surface area contributed by atoms with E-state index in [-0.39, 0.29) is 0 Å². The fraction of sp³-hybridized carbons (Fsp3) is 0. The lowest BCUT2D eigenvalue weighted by molar-refractivity contribution is 1.26. The van der Waals surface area contributed by atoms with Crippen molar-refractivity contribution >= 4 is 55.7 Å². The Morgan fingerprint density at radius 1 is 0.400 bits per heavy atom. The molecule has 0 atom stereocenters. The highest BCUT2D eigenvalue weighted by Gasteiger charge is 2.27. The largest absolute Gasteiger partial charge is 0.311 e. The number of rotatable bonds is 4. The summed E-state index contributed by atoms with van der Waals surface area (Å²) in [7, 11) is 0. The normalized spacial score (nSPS) is 11.9. The molecule has 0 unspecified atom stereocenters. The van der Waals surface area contributed by atoms with Gasteiger partial charge < -0.3 is 9.80 Å². The van der Waals surface area contributed by atoms with E-state index in [1.165, 1.54) is 44.0 Å². The van der Waals surface area contributed by atoms with Crippen LogP contribution in [0.2, 0.25) is 0 Å². The van der Waals surface area contributed by atoms with Gasteiger partial charge in [-0.05, 0) is 82.4 Å². The number of anilines is 6. The van der Waals surface area contributed by atoms with Gasteiger partial charge >= 0.3 is 0 Å². The van der Waals surface area contributed by atoms with Crippen LogP contribution < -0.4 is 9.80 Å². The SMILES string of the molecule is c1ccc(N(c2ccccc2)c2ccc(N3c4ccc5ccccc5c4-c4cccc5cccc3c45)cc2)cc1. The Kier molecular flexibility index (Phi) is 5.17. The zero-order valence-corrected chi connectivity index (χ0v) is 21.9. The van der Waals surface area contributed by atoms with Crippen LogP contribution in [0.25, 0.3) is 32.7 Å². The molecule has 0 saturated carbocycles. The fourth-order valence-corrected chi connectivity index (χ4v) is 6.21. The minimum atomic E-state index is 1.12. The second-order valence-electron chi connectivity index (χ2n) is 10.2. The molecule has 0 N–H and O–H groups in total. The van der Waals surface area contributed by atoms with Crippen LogP contribution in [0, 0.1) is 0 Å². The molecule has 0 aromatic heterocycles. The molecule has 0 aliphatic carbocycles. The van der Waals surface area contributed by atoms with Gasteiger partial charge in [0.15, 0.2) is 0 Å². The lowest BCUT2D eigenvalue weighted by atomic mass is 9.87. The van der Waals surface area contributed by atoms with Crippen molar-refractivity contribution in [3.05, 3.63) is 158 Å². The number of fused-ring (bicyclic) bond motifs is 4. The average Bonchev–Trinajstić information content (AvgIpc) is 3.03. The van der Waals surface area contributed by atoms with Gasteiger partial charge in [0.2, 0.25) is 0 Å². The summed E-state index contributed by atoms with van der Waals surface area (Å²) in [5.41, 5.74) is 9.55. The van der Waals surface area contributed by atoms with E-state index in [1.54, 1.807) is 0 Å². The number of hydrogen-bond acceptors (Lipinski definition) is 2. The molecule has 40 heavy (non-hydrogen) atoms. The minimum Gasteiger partial charge on any atom is -0.311 e. The quantitative estimate of drug-likeness (QED) is 0.232. The molecule has 1 heterocycles. The Hall–Kier alpha value is -5.34. The maximum atomic E-state index is 2.43. The summed E-state index contributed by atoms with van der Waals surface area (Å²) in [6.07, 6.45) is 0. The van der Waals surface area contributed by atoms with Gasteiger partial charge in [-0.2, -0.15) is 0 Å². The monoisotopic (exact) mass is 510 g/mol. The lowest BCUT2D eigenvalue weighted by Crippen LogP contribution is -2.15. The van der Waals surface area contributed by atoms with E-state index < -0.39 is 0 Å². The molecule has 188 valence electrons. The van der Waals surface area contributed by atoms with E-state index >= 15 is 0 Å². The van der Waals surface area contributed by atoms with Crippen molar-refractivity contribution in [2.24, 2.45) is 0 Å². The van der Waals surface area contributed by atoms with Crippen molar-refractivity contribution in [2.45, 2.75) is 0 Å². The maximum Gasteiger partial charge on any atom is 0.0547 e. The molecular formula is C38H26N2. The third-order valence-corrected chi connectivity index (χ3v) is 7.94. The first-order valence-corrected chi connectivity index (χ1v) is 13.7. The topological polar surface area (TPSA) is 6.48 Å². The van der Waals surface area contributed by atoms with Gasteiger partial charge in [0.05, 0.1) is 11.4 Å². The number of para-hydroxylation sites is 2. The second kappa shape index (κ2) is 9.14. The molecule has 0 saturated heterocycles. The molecule has 0 spiro atoms. The second-order valence-corrected chi connectivity index (χ2v) is 10.2. The summed E-state index contributed by atoms with van der Waals surface area (Å²) in [5, 5.41) is 5.10. The van der Waals surface area contributed by atoms with Gasteiger partial charge in [0.1, 0.15) is 0 Å². The Balaban J connectivity index is 1.33. The molecule has 0 fully saturated rings. The average molecular weight is 511 g/mol. The van der Waals surface area contributed by atoms with E-state index in [0.717, 1.165) is 22.7 Å². The molecule has 7 aromatic carbocycles. The number of nitrogens with zero attached hydrogens (tertiary/aromatic N) is 2. The van der Waals surface area contributed by atoms with Crippen molar-refractivity contribution in [1.29, 1.82) is 0 Å². The minimum absolute atomic E-state index is 1.12. The van der Waals surface area contributed by atoms with Crippen LogP contribution in [-0.4, -0.2) is 0 Å². The summed E-state index contributed by atoms with van der Waals surface area (Å²) in [4.78, 5) is 4.73. The van der Waals surface area contributed by atoms with Crippen molar-refractivity contribution in [3.8, 4) is 11.1 Å². The Morgan fingerprint density at radius 2 is 1.00 bits per heavy atom. The van der Waals surface area contributed by atoms with Crippen molar-refractivity contribution in [2.75, 3.05) is 9.80 Å². The van der Waals surface area contributed by atoms with Gasteiger partial charge in [-0.25, -0.2) is 0 Å². The molecule has 8 rings (SSSR count). The zero-order chi connectivity index (χ0) is 26.5. The van der Waals surface area contributed by atoms with Crippen LogP contribution in [0.4, 0.5) is 34.1 Å². The summed E-state index contributed by atoms with van der Waals surface area (Å²) < 4.78 is 0. The maximum absolute atomic E-state index is 2.43. The van der Waals surface area contributed by atoms with Crippen LogP contribution in [0.1, 0.15) is 0 Å². The highest BCUT2D eigenvalue weighted by Crippen LogP contribution is 2.53. The first-order chi connectivity index (χ1) is 19.9. The smallest absolute Gasteiger partial charge is 0.0547 e. The van der Waals surface area contributed by atoms with E-state index in [1.807, 2.05) is 0 Å². The first kappa shape index (κ1) is 22.6. The summed E-state index contributed by atoms with van der Waals surface area (Å²) in [5.74, 6) is 0. The van der Waals surface area contributed by atoms with Crippen molar-refractivity contribution in [1.82, 2.24) is 0 Å². The van der Waals surface area contributed by atoms with E-state index in [0.29, 0.717) is 0 Å². The van der Waals surface area contributed by atoms with Crippen LogP contribution >= 0.6 is 0 Å². The predicted octanol–water partition coefficient (Wildman–Crippen LogP) is 10.9. The predicted molar refractivity (Wildman–Crippen MR) is 170 cm³/mol. The molecule has 2 nitrogen and oxygen atoms in total. The van der Waals surface area contributed by atoms with Gasteiger partial charge in [-0.3, -0.25) is 0 Å². The van der Waals surface area contributed by atoms with Crippen LogP contribution in [0.15, 0.2) is 158 Å². The number of benzene rings is 7. The molecule has 0 bridgehead atoms. The van der Waals surface area contributed by atoms with Crippen molar-refractivity contribution < 1.29 is 0 Å². The first-order valence-electron chi connectivity index (χ1n) is 13.7. The highest BCUT2D eigenvalue weighted by molar-refractivity contribution is 6.19. The van der Waals surface area contributed by atoms with E-state index in [4.69, 9.17) is 0 Å². The third kappa shape index (κ3) is 3.50. The Morgan fingerprint density at radius 3 is 1.73 bits per heavy atom. The van der Waals surface area contributed by atoms with Gasteiger partial charge in [-0.1, -0.05) is 97.1 Å². The summed E-state index contributed by atoms with van der Waals surface area (Å²) in [6, 6.07) is 56.6. The van der Waals surface area contributed by atoms with Crippen LogP contribution in [-0.2, 0) is 0 Å². The third-order valence-electron chi connectivity index (χ3n) is 7.94. The molecule has 1 aliphatic rings. The molecule has 1 aliphatic heterocycles. The van der Waals surface area contributed by atoms with Crippen molar-refractivity contribution in [3.63, 3.8) is 0 Å². The standard InChI is InChI=1S/C38H26N2/c1-3-14-29(15-4-1)39(30-16-5-2-6-17-30)31-22-24-32(25-23-31)40-35-20-10-13-28-12-9-19-34(37(28)35)38-33-18-8-7-11-27(33)21-26-36(38)40/h1-26H. The summed E-state index contributed by atoms with van der Waals surface area (Å²) in [6.45, 7) is 0. The highest BCUT2D eigenvalue weighted by atomic mass is 15.2. The molecule has 0 amide bonds. The van der Waals surface area contributed by atoms with Gasteiger partial charge in [0, 0.05) is 33.7 Å². The zero-order valence-electron chi connectivity index (χ0n) is 21.9. The van der Waals surface area contributed by atoms with Crippen LogP contribution in [0.5, 0.6) is 0 Å². The lowest BCUT2D eigenvalue weighted by Gasteiger charge is -2.34. The molecule has 7 aromatic rings. The van der Waals surface area contributed by atoms with E-state index in [2.05, 4.69) is 168 Å².